The largest absolute Gasteiger partial charge is 0.459 e. The maximum Gasteiger partial charge on any atom is 0.291 e. The van der Waals surface area contributed by atoms with Gasteiger partial charge in [0.2, 0.25) is 0 Å². The first-order valence-corrected chi connectivity index (χ1v) is 7.94. The first-order chi connectivity index (χ1) is 11.6. The Morgan fingerprint density at radius 2 is 2.17 bits per heavy atom. The summed E-state index contributed by atoms with van der Waals surface area (Å²) in [6.07, 6.45) is 6.81. The third-order valence-electron chi connectivity index (χ3n) is 3.63. The number of rotatable bonds is 6. The van der Waals surface area contributed by atoms with Crippen LogP contribution in [0.5, 0.6) is 0 Å². The van der Waals surface area contributed by atoms with E-state index in [1.165, 1.54) is 18.4 Å². The van der Waals surface area contributed by atoms with E-state index in [0.29, 0.717) is 10.7 Å². The van der Waals surface area contributed by atoms with Crippen LogP contribution in [0.3, 0.4) is 0 Å². The molecule has 0 aliphatic heterocycles. The quantitative estimate of drug-likeness (QED) is 0.699. The molecular weight excluding hydrogens is 331 g/mol. The van der Waals surface area contributed by atoms with Crippen molar-refractivity contribution in [2.24, 2.45) is 0 Å². The molecule has 2 aromatic heterocycles. The van der Waals surface area contributed by atoms with Gasteiger partial charge in [0.25, 0.3) is 5.91 Å². The average Bonchev–Trinajstić information content (AvgIpc) is 3.21. The second kappa shape index (κ2) is 7.36. The summed E-state index contributed by atoms with van der Waals surface area (Å²) in [5, 5.41) is 3.22. The number of nitrogens with zero attached hydrogens (tertiary/aromatic N) is 1. The topological polar surface area (TPSA) is 47.2 Å². The molecule has 0 spiro atoms. The lowest BCUT2D eigenvalue weighted by molar-refractivity contribution is 0.0996. The third kappa shape index (κ3) is 4.06. The number of nitrogens with one attached hydrogen (secondary N) is 1. The molecule has 0 radical (unpaired) electrons. The molecule has 0 atom stereocenters. The molecule has 0 saturated heterocycles. The maximum atomic E-state index is 13.0. The fourth-order valence-electron chi connectivity index (χ4n) is 2.43. The summed E-state index contributed by atoms with van der Waals surface area (Å²) in [7, 11) is 0. The molecule has 124 valence electrons. The van der Waals surface area contributed by atoms with Gasteiger partial charge in [0.1, 0.15) is 5.82 Å². The van der Waals surface area contributed by atoms with E-state index in [-0.39, 0.29) is 17.5 Å². The number of aryl methyl sites for hydroxylation is 2. The van der Waals surface area contributed by atoms with Crippen molar-refractivity contribution < 1.29 is 13.6 Å². The summed E-state index contributed by atoms with van der Waals surface area (Å²) >= 11 is 6.02. The van der Waals surface area contributed by atoms with E-state index in [2.05, 4.69) is 5.32 Å². The molecule has 1 amide bonds. The fraction of sp³-hybridized carbons (Fsp3) is 0.167. The number of carbonyl (C=O) groups is 1. The minimum Gasteiger partial charge on any atom is -0.459 e. The first-order valence-electron chi connectivity index (χ1n) is 7.56. The normalized spacial score (nSPS) is 10.8. The van der Waals surface area contributed by atoms with E-state index in [4.69, 9.17) is 16.0 Å². The van der Waals surface area contributed by atoms with Crippen molar-refractivity contribution in [2.75, 3.05) is 5.32 Å². The Bertz CT molecular complexity index is 827. The van der Waals surface area contributed by atoms with Gasteiger partial charge >= 0.3 is 0 Å². The molecule has 2 heterocycles. The average molecular weight is 347 g/mol. The molecular formula is C18H16ClFN2O2. The number of furan rings is 1. The monoisotopic (exact) mass is 346 g/mol. The minimum atomic E-state index is -0.328. The van der Waals surface area contributed by atoms with Crippen LogP contribution in [0.1, 0.15) is 22.5 Å². The van der Waals surface area contributed by atoms with Gasteiger partial charge in [0.15, 0.2) is 5.76 Å². The zero-order valence-corrected chi connectivity index (χ0v) is 13.6. The van der Waals surface area contributed by atoms with Crippen LogP contribution < -0.4 is 5.32 Å². The van der Waals surface area contributed by atoms with Gasteiger partial charge in [-0.05, 0) is 48.7 Å². The number of carbonyl (C=O) groups excluding carboxylic acids is 1. The number of hydrogen-bond acceptors (Lipinski definition) is 2. The Morgan fingerprint density at radius 3 is 2.92 bits per heavy atom. The predicted molar refractivity (Wildman–Crippen MR) is 90.8 cm³/mol. The minimum absolute atomic E-state index is 0.272. The molecule has 24 heavy (non-hydrogen) atoms. The van der Waals surface area contributed by atoms with Crippen molar-refractivity contribution in [2.45, 2.75) is 19.4 Å². The van der Waals surface area contributed by atoms with Crippen molar-refractivity contribution in [1.29, 1.82) is 0 Å². The summed E-state index contributed by atoms with van der Waals surface area (Å²) < 4.78 is 20.0. The van der Waals surface area contributed by atoms with Crippen LogP contribution in [0.15, 0.2) is 59.5 Å². The summed E-state index contributed by atoms with van der Waals surface area (Å²) in [5.41, 5.74) is 1.63. The van der Waals surface area contributed by atoms with Crippen LogP contribution in [0.2, 0.25) is 5.02 Å². The molecule has 3 rings (SSSR count). The number of amides is 1. The second-order valence-corrected chi connectivity index (χ2v) is 5.82. The van der Waals surface area contributed by atoms with E-state index in [1.54, 1.807) is 18.2 Å². The maximum absolute atomic E-state index is 13.0. The Hall–Kier alpha value is -2.53. The van der Waals surface area contributed by atoms with Crippen molar-refractivity contribution in [3.8, 4) is 0 Å². The van der Waals surface area contributed by atoms with E-state index in [0.717, 1.165) is 24.9 Å². The van der Waals surface area contributed by atoms with Gasteiger partial charge in [-0.25, -0.2) is 4.39 Å². The van der Waals surface area contributed by atoms with Gasteiger partial charge < -0.3 is 14.3 Å². The van der Waals surface area contributed by atoms with E-state index in [9.17, 15) is 9.18 Å². The van der Waals surface area contributed by atoms with Crippen LogP contribution in [0, 0.1) is 5.82 Å². The first kappa shape index (κ1) is 16.3. The molecule has 0 aliphatic rings. The highest BCUT2D eigenvalue weighted by molar-refractivity contribution is 6.31. The number of hydrogen-bond donors (Lipinski definition) is 1. The summed E-state index contributed by atoms with van der Waals surface area (Å²) in [4.78, 5) is 11.9. The molecule has 4 nitrogen and oxygen atoms in total. The fourth-order valence-corrected chi connectivity index (χ4v) is 2.69. The Labute approximate surface area is 143 Å². The molecule has 1 N–H and O–H groups in total. The van der Waals surface area contributed by atoms with Gasteiger partial charge in [0.05, 0.1) is 12.0 Å². The summed E-state index contributed by atoms with van der Waals surface area (Å²) in [6.45, 7) is 0.768. The molecule has 1 aromatic carbocycles. The Morgan fingerprint density at radius 1 is 1.29 bits per heavy atom. The molecule has 0 saturated carbocycles. The van der Waals surface area contributed by atoms with Crippen LogP contribution in [-0.2, 0) is 13.0 Å². The zero-order chi connectivity index (χ0) is 16.9. The lowest BCUT2D eigenvalue weighted by Gasteiger charge is -2.06. The SMILES string of the molecule is O=C(Nc1ccn(CCCc2ccc(F)cc2Cl)c1)c1ccco1. The van der Waals surface area contributed by atoms with Crippen LogP contribution in [0.4, 0.5) is 10.1 Å². The lowest BCUT2D eigenvalue weighted by Crippen LogP contribution is -2.10. The molecule has 0 aliphatic carbocycles. The highest BCUT2D eigenvalue weighted by atomic mass is 35.5. The molecule has 0 unspecified atom stereocenters. The van der Waals surface area contributed by atoms with Crippen molar-refractivity contribution in [3.63, 3.8) is 0 Å². The van der Waals surface area contributed by atoms with Crippen LogP contribution in [0.25, 0.3) is 0 Å². The number of halogens is 2. The van der Waals surface area contributed by atoms with Crippen molar-refractivity contribution in [1.82, 2.24) is 4.57 Å². The zero-order valence-electron chi connectivity index (χ0n) is 12.8. The number of anilines is 1. The Kier molecular flexibility index (Phi) is 5.01. The smallest absolute Gasteiger partial charge is 0.291 e. The molecule has 6 heteroatoms. The molecule has 3 aromatic rings. The van der Waals surface area contributed by atoms with Crippen LogP contribution in [-0.4, -0.2) is 10.5 Å². The third-order valence-corrected chi connectivity index (χ3v) is 3.98. The Balaban J connectivity index is 1.52. The molecule has 0 fully saturated rings. The van der Waals surface area contributed by atoms with E-state index < -0.39 is 0 Å². The van der Waals surface area contributed by atoms with Gasteiger partial charge in [-0.1, -0.05) is 17.7 Å². The predicted octanol–water partition coefficient (Wildman–Crippen LogP) is 4.76. The van der Waals surface area contributed by atoms with Crippen LogP contribution >= 0.6 is 11.6 Å². The van der Waals surface area contributed by atoms with Gasteiger partial charge in [0, 0.05) is 24.0 Å². The standard InChI is InChI=1S/C18H16ClFN2O2/c19-16-11-14(20)6-5-13(16)3-1-8-22-9-7-15(12-22)21-18(23)17-4-2-10-24-17/h2,4-7,9-12H,1,3,8H2,(H,21,23). The highest BCUT2D eigenvalue weighted by Crippen LogP contribution is 2.19. The van der Waals surface area contributed by atoms with Gasteiger partial charge in [-0.2, -0.15) is 0 Å². The second-order valence-electron chi connectivity index (χ2n) is 5.41. The summed E-state index contributed by atoms with van der Waals surface area (Å²) in [5.74, 6) is -0.337. The van der Waals surface area contributed by atoms with Crippen molar-refractivity contribution >= 4 is 23.2 Å². The summed E-state index contributed by atoms with van der Waals surface area (Å²) in [6, 6.07) is 9.56. The van der Waals surface area contributed by atoms with E-state index >= 15 is 0 Å². The van der Waals surface area contributed by atoms with Gasteiger partial charge in [-0.15, -0.1) is 0 Å². The highest BCUT2D eigenvalue weighted by Gasteiger charge is 2.09. The number of aromatic nitrogens is 1. The van der Waals surface area contributed by atoms with Crippen molar-refractivity contribution in [3.05, 3.63) is 77.2 Å². The van der Waals surface area contributed by atoms with E-state index in [1.807, 2.05) is 23.0 Å². The lowest BCUT2D eigenvalue weighted by atomic mass is 10.1. The van der Waals surface area contributed by atoms with Gasteiger partial charge in [-0.3, -0.25) is 4.79 Å². The molecule has 0 bridgehead atoms. The number of benzene rings is 1.